The minimum Gasteiger partial charge on any atom is -0.450 e. The first-order valence-electron chi connectivity index (χ1n) is 5.20. The third-order valence-electron chi connectivity index (χ3n) is 2.36. The second-order valence-corrected chi connectivity index (χ2v) is 6.09. The maximum Gasteiger partial charge on any atom is 0.404 e. The van der Waals surface area contributed by atoms with Gasteiger partial charge in [-0.3, -0.25) is 0 Å². The molecule has 1 saturated heterocycles. The van der Waals surface area contributed by atoms with E-state index in [9.17, 15) is 13.2 Å². The van der Waals surface area contributed by atoms with Gasteiger partial charge < -0.3 is 15.2 Å². The van der Waals surface area contributed by atoms with E-state index in [0.29, 0.717) is 19.6 Å². The monoisotopic (exact) mass is 251 g/mol. The average Bonchev–Trinajstić information content (AvgIpc) is 2.64. The number of rotatable bonds is 6. The van der Waals surface area contributed by atoms with E-state index in [1.165, 1.54) is 0 Å². The molecule has 1 aliphatic rings. The molecule has 0 radical (unpaired) electrons. The highest BCUT2D eigenvalue weighted by Crippen LogP contribution is 2.15. The van der Waals surface area contributed by atoms with E-state index in [2.05, 4.69) is 4.74 Å². The van der Waals surface area contributed by atoms with Crippen molar-refractivity contribution in [1.29, 1.82) is 0 Å². The van der Waals surface area contributed by atoms with Crippen LogP contribution in [-0.2, 0) is 19.3 Å². The van der Waals surface area contributed by atoms with Crippen molar-refractivity contribution in [1.82, 2.24) is 0 Å². The number of nitrogens with two attached hydrogens (primary N) is 1. The fourth-order valence-electron chi connectivity index (χ4n) is 1.61. The van der Waals surface area contributed by atoms with Gasteiger partial charge in [0.2, 0.25) is 0 Å². The third-order valence-corrected chi connectivity index (χ3v) is 4.25. The fourth-order valence-corrected chi connectivity index (χ4v) is 3.31. The fraction of sp³-hybridized carbons (Fsp3) is 0.889. The minimum absolute atomic E-state index is 0.0246. The number of hydrogen-bond donors (Lipinski definition) is 1. The minimum atomic E-state index is -3.08. The molecule has 0 bridgehead atoms. The van der Waals surface area contributed by atoms with E-state index >= 15 is 0 Å². The first-order chi connectivity index (χ1) is 7.49. The predicted molar refractivity (Wildman–Crippen MR) is 57.7 cm³/mol. The van der Waals surface area contributed by atoms with Gasteiger partial charge in [-0.1, -0.05) is 0 Å². The van der Waals surface area contributed by atoms with Gasteiger partial charge in [0.1, 0.15) is 0 Å². The van der Waals surface area contributed by atoms with Crippen molar-refractivity contribution in [2.75, 3.05) is 31.3 Å². The first kappa shape index (κ1) is 13.2. The molecule has 0 aromatic rings. The molecule has 16 heavy (non-hydrogen) atoms. The molecule has 1 unspecified atom stereocenters. The lowest BCUT2D eigenvalue weighted by atomic mass is 10.2. The quantitative estimate of drug-likeness (QED) is 0.666. The predicted octanol–water partition coefficient (Wildman–Crippen LogP) is -0.0769. The molecule has 94 valence electrons. The molecule has 1 amide bonds. The Bertz CT molecular complexity index is 321. The molecule has 0 spiro atoms. The van der Waals surface area contributed by atoms with Crippen LogP contribution in [0.1, 0.15) is 12.8 Å². The van der Waals surface area contributed by atoms with Crippen LogP contribution in [-0.4, -0.2) is 45.8 Å². The average molecular weight is 251 g/mol. The summed E-state index contributed by atoms with van der Waals surface area (Å²) in [5.41, 5.74) is 4.75. The molecule has 6 nitrogen and oxygen atoms in total. The Labute approximate surface area is 95.0 Å². The van der Waals surface area contributed by atoms with Gasteiger partial charge in [0.25, 0.3) is 0 Å². The summed E-state index contributed by atoms with van der Waals surface area (Å²) in [6, 6.07) is 0. The van der Waals surface area contributed by atoms with Crippen LogP contribution in [0.5, 0.6) is 0 Å². The van der Waals surface area contributed by atoms with Gasteiger partial charge in [0.05, 0.1) is 24.7 Å². The van der Waals surface area contributed by atoms with E-state index in [-0.39, 0.29) is 24.0 Å². The highest BCUT2D eigenvalue weighted by molar-refractivity contribution is 7.91. The van der Waals surface area contributed by atoms with Gasteiger partial charge in [-0.25, -0.2) is 13.2 Å². The van der Waals surface area contributed by atoms with Crippen LogP contribution in [0.25, 0.3) is 0 Å². The van der Waals surface area contributed by atoms with Crippen LogP contribution in [0.2, 0.25) is 0 Å². The SMILES string of the molecule is NC(=O)OCCCS(=O)(=O)CC1CCOC1. The molecule has 1 rings (SSSR count). The maximum absolute atomic E-state index is 11.6. The largest absolute Gasteiger partial charge is 0.450 e. The summed E-state index contributed by atoms with van der Waals surface area (Å²) in [5.74, 6) is 0.294. The van der Waals surface area contributed by atoms with Crippen molar-refractivity contribution < 1.29 is 22.7 Å². The Hall–Kier alpha value is -0.820. The van der Waals surface area contributed by atoms with Crippen LogP contribution in [0.15, 0.2) is 0 Å². The zero-order chi connectivity index (χ0) is 12.0. The number of carbonyl (C=O) groups excluding carboxylic acids is 1. The van der Waals surface area contributed by atoms with Gasteiger partial charge in [-0.15, -0.1) is 0 Å². The van der Waals surface area contributed by atoms with Gasteiger partial charge in [-0.2, -0.15) is 0 Å². The Morgan fingerprint density at radius 3 is 2.81 bits per heavy atom. The molecular formula is C9H17NO5S. The number of carbonyl (C=O) groups is 1. The van der Waals surface area contributed by atoms with Crippen molar-refractivity contribution in [2.24, 2.45) is 11.7 Å². The molecule has 0 saturated carbocycles. The summed E-state index contributed by atoms with van der Waals surface area (Å²) in [7, 11) is -3.08. The second kappa shape index (κ2) is 6.05. The third kappa shape index (κ3) is 5.32. The van der Waals surface area contributed by atoms with Crippen molar-refractivity contribution in [3.05, 3.63) is 0 Å². The molecule has 1 heterocycles. The van der Waals surface area contributed by atoms with Crippen LogP contribution >= 0.6 is 0 Å². The number of primary amides is 1. The number of amides is 1. The lowest BCUT2D eigenvalue weighted by molar-refractivity contribution is 0.157. The zero-order valence-corrected chi connectivity index (χ0v) is 9.87. The topological polar surface area (TPSA) is 95.7 Å². The second-order valence-electron chi connectivity index (χ2n) is 3.87. The Morgan fingerprint density at radius 1 is 1.50 bits per heavy atom. The van der Waals surface area contributed by atoms with E-state index in [1.54, 1.807) is 0 Å². The Kier molecular flexibility index (Phi) is 5.01. The van der Waals surface area contributed by atoms with Crippen molar-refractivity contribution in [3.63, 3.8) is 0 Å². The van der Waals surface area contributed by atoms with Crippen LogP contribution in [0, 0.1) is 5.92 Å². The molecule has 2 N–H and O–H groups in total. The number of ether oxygens (including phenoxy) is 2. The standard InChI is InChI=1S/C9H17NO5S/c10-9(11)15-3-1-5-16(12,13)7-8-2-4-14-6-8/h8H,1-7H2,(H2,10,11). The highest BCUT2D eigenvalue weighted by atomic mass is 32.2. The summed E-state index contributed by atoms with van der Waals surface area (Å²) in [6.45, 7) is 1.22. The molecule has 1 aliphatic heterocycles. The van der Waals surface area contributed by atoms with Crippen LogP contribution < -0.4 is 5.73 Å². The van der Waals surface area contributed by atoms with Gasteiger partial charge in [0.15, 0.2) is 9.84 Å². The lowest BCUT2D eigenvalue weighted by Crippen LogP contribution is -2.21. The molecule has 0 aromatic carbocycles. The molecule has 1 atom stereocenters. The van der Waals surface area contributed by atoms with Gasteiger partial charge in [-0.05, 0) is 18.8 Å². The van der Waals surface area contributed by atoms with E-state index in [1.807, 2.05) is 0 Å². The van der Waals surface area contributed by atoms with Gasteiger partial charge >= 0.3 is 6.09 Å². The van der Waals surface area contributed by atoms with Crippen molar-refractivity contribution in [3.8, 4) is 0 Å². The molecular weight excluding hydrogens is 234 g/mol. The van der Waals surface area contributed by atoms with Crippen LogP contribution in [0.3, 0.4) is 0 Å². The van der Waals surface area contributed by atoms with E-state index in [0.717, 1.165) is 6.42 Å². The Morgan fingerprint density at radius 2 is 2.25 bits per heavy atom. The summed E-state index contributed by atoms with van der Waals surface area (Å²) in [6.07, 6.45) is 0.220. The van der Waals surface area contributed by atoms with Crippen molar-refractivity contribution >= 4 is 15.9 Å². The molecule has 7 heteroatoms. The normalized spacial score (nSPS) is 20.9. The summed E-state index contributed by atoms with van der Waals surface area (Å²) >= 11 is 0. The summed E-state index contributed by atoms with van der Waals surface area (Å²) in [5, 5.41) is 0. The van der Waals surface area contributed by atoms with E-state index < -0.39 is 15.9 Å². The summed E-state index contributed by atoms with van der Waals surface area (Å²) < 4.78 is 32.8. The maximum atomic E-state index is 11.6. The van der Waals surface area contributed by atoms with E-state index in [4.69, 9.17) is 10.5 Å². The van der Waals surface area contributed by atoms with Crippen molar-refractivity contribution in [2.45, 2.75) is 12.8 Å². The number of hydrogen-bond acceptors (Lipinski definition) is 5. The molecule has 0 aliphatic carbocycles. The lowest BCUT2D eigenvalue weighted by Gasteiger charge is -2.08. The first-order valence-corrected chi connectivity index (χ1v) is 7.02. The van der Waals surface area contributed by atoms with Gasteiger partial charge in [0, 0.05) is 6.61 Å². The highest BCUT2D eigenvalue weighted by Gasteiger charge is 2.22. The smallest absolute Gasteiger partial charge is 0.404 e. The van der Waals surface area contributed by atoms with Crippen LogP contribution in [0.4, 0.5) is 4.79 Å². The number of sulfone groups is 1. The zero-order valence-electron chi connectivity index (χ0n) is 9.05. The molecule has 1 fully saturated rings. The Balaban J connectivity index is 2.20. The summed E-state index contributed by atoms with van der Waals surface area (Å²) in [4.78, 5) is 10.2. The molecule has 0 aromatic heterocycles.